The fraction of sp³-hybridized carbons (Fsp3) is 0.0741. The van der Waals surface area contributed by atoms with Crippen molar-refractivity contribution in [1.29, 1.82) is 0 Å². The van der Waals surface area contributed by atoms with Crippen LogP contribution in [0, 0.1) is 0 Å². The summed E-state index contributed by atoms with van der Waals surface area (Å²) < 4.78 is 0. The van der Waals surface area contributed by atoms with Gasteiger partial charge in [0.1, 0.15) is 0 Å². The van der Waals surface area contributed by atoms with Crippen LogP contribution < -0.4 is 5.01 Å². The third-order valence-corrected chi connectivity index (χ3v) is 5.44. The standard InChI is InChI=1S/C27H22N2/c1-4-10-21(11-5-1)22-16-18-23(19-17-22)26-20-27(24-12-6-2-7-13-24)29(28-26)25-14-8-3-9-15-25/h1-19,27H,20H2/t27-/m1/s1. The number of hydrogen-bond donors (Lipinski definition) is 0. The molecule has 0 bridgehead atoms. The molecular weight excluding hydrogens is 352 g/mol. The van der Waals surface area contributed by atoms with Gasteiger partial charge >= 0.3 is 0 Å². The van der Waals surface area contributed by atoms with E-state index in [9.17, 15) is 0 Å². The van der Waals surface area contributed by atoms with Crippen molar-refractivity contribution >= 4 is 11.4 Å². The second-order valence-electron chi connectivity index (χ2n) is 7.30. The number of hydrazone groups is 1. The van der Waals surface area contributed by atoms with E-state index in [1.54, 1.807) is 0 Å². The van der Waals surface area contributed by atoms with Crippen LogP contribution in [0.1, 0.15) is 23.6 Å². The van der Waals surface area contributed by atoms with Crippen LogP contribution in [0.2, 0.25) is 0 Å². The Bertz CT molecular complexity index is 1100. The zero-order valence-corrected chi connectivity index (χ0v) is 16.1. The highest BCUT2D eigenvalue weighted by atomic mass is 15.5. The molecule has 5 rings (SSSR count). The lowest BCUT2D eigenvalue weighted by atomic mass is 9.96. The summed E-state index contributed by atoms with van der Waals surface area (Å²) in [4.78, 5) is 0. The summed E-state index contributed by atoms with van der Waals surface area (Å²) in [7, 11) is 0. The van der Waals surface area contributed by atoms with E-state index in [-0.39, 0.29) is 6.04 Å². The van der Waals surface area contributed by atoms with Gasteiger partial charge in [-0.05, 0) is 34.4 Å². The largest absolute Gasteiger partial charge is 0.257 e. The molecule has 0 aromatic heterocycles. The maximum atomic E-state index is 5.04. The van der Waals surface area contributed by atoms with E-state index >= 15 is 0 Å². The summed E-state index contributed by atoms with van der Waals surface area (Å²) in [6.45, 7) is 0. The molecule has 0 saturated carbocycles. The van der Waals surface area contributed by atoms with Gasteiger partial charge in [0.2, 0.25) is 0 Å². The highest BCUT2D eigenvalue weighted by Gasteiger charge is 2.29. The van der Waals surface area contributed by atoms with Crippen LogP contribution in [-0.4, -0.2) is 5.71 Å². The van der Waals surface area contributed by atoms with E-state index in [0.717, 1.165) is 17.8 Å². The summed E-state index contributed by atoms with van der Waals surface area (Å²) in [5, 5.41) is 7.20. The Hall–Kier alpha value is -3.65. The second-order valence-corrected chi connectivity index (χ2v) is 7.30. The van der Waals surface area contributed by atoms with Crippen molar-refractivity contribution in [3.63, 3.8) is 0 Å². The van der Waals surface area contributed by atoms with Crippen molar-refractivity contribution in [1.82, 2.24) is 0 Å². The SMILES string of the molecule is c1ccc(-c2ccc(C3=NN(c4ccccc4)[C@@H](c4ccccc4)C3)cc2)cc1. The van der Waals surface area contributed by atoms with E-state index in [1.165, 1.54) is 22.3 Å². The van der Waals surface area contributed by atoms with E-state index in [1.807, 2.05) is 12.1 Å². The number of hydrogen-bond acceptors (Lipinski definition) is 2. The van der Waals surface area contributed by atoms with Gasteiger partial charge in [-0.15, -0.1) is 0 Å². The lowest BCUT2D eigenvalue weighted by molar-refractivity contribution is 0.709. The molecule has 29 heavy (non-hydrogen) atoms. The molecule has 0 amide bonds. The topological polar surface area (TPSA) is 15.6 Å². The number of nitrogens with zero attached hydrogens (tertiary/aromatic N) is 2. The Kier molecular flexibility index (Phi) is 4.67. The summed E-state index contributed by atoms with van der Waals surface area (Å²) in [5.74, 6) is 0. The van der Waals surface area contributed by atoms with Gasteiger partial charge in [0.15, 0.2) is 0 Å². The summed E-state index contributed by atoms with van der Waals surface area (Å²) in [6, 6.07) is 40.6. The molecule has 4 aromatic rings. The maximum Gasteiger partial charge on any atom is 0.0831 e. The van der Waals surface area contributed by atoms with Crippen LogP contribution >= 0.6 is 0 Å². The van der Waals surface area contributed by atoms with E-state index < -0.39 is 0 Å². The lowest BCUT2D eigenvalue weighted by Crippen LogP contribution is -2.18. The van der Waals surface area contributed by atoms with Crippen molar-refractivity contribution in [2.45, 2.75) is 12.5 Å². The highest BCUT2D eigenvalue weighted by molar-refractivity contribution is 6.03. The Balaban J connectivity index is 1.48. The first-order valence-corrected chi connectivity index (χ1v) is 10.0. The number of anilines is 1. The van der Waals surface area contributed by atoms with E-state index in [2.05, 4.69) is 108 Å². The molecule has 0 unspecified atom stereocenters. The van der Waals surface area contributed by atoms with Crippen molar-refractivity contribution in [3.8, 4) is 11.1 Å². The summed E-state index contributed by atoms with van der Waals surface area (Å²) in [6.07, 6.45) is 0.892. The van der Waals surface area contributed by atoms with Crippen LogP contribution in [0.15, 0.2) is 120 Å². The number of benzene rings is 4. The molecule has 0 aliphatic carbocycles. The lowest BCUT2D eigenvalue weighted by Gasteiger charge is -2.23. The molecule has 0 fully saturated rings. The first-order chi connectivity index (χ1) is 14.4. The third kappa shape index (κ3) is 3.57. The average molecular weight is 374 g/mol. The fourth-order valence-electron chi connectivity index (χ4n) is 3.92. The molecular formula is C27H22N2. The molecule has 1 aliphatic heterocycles. The molecule has 0 radical (unpaired) electrons. The predicted molar refractivity (Wildman–Crippen MR) is 121 cm³/mol. The molecule has 1 heterocycles. The van der Waals surface area contributed by atoms with Crippen LogP contribution in [-0.2, 0) is 0 Å². The summed E-state index contributed by atoms with van der Waals surface area (Å²) >= 11 is 0. The van der Waals surface area contributed by atoms with E-state index in [0.29, 0.717) is 0 Å². The third-order valence-electron chi connectivity index (χ3n) is 5.44. The summed E-state index contributed by atoms with van der Waals surface area (Å²) in [5.41, 5.74) is 7.19. The van der Waals surface area contributed by atoms with Gasteiger partial charge in [0.05, 0.1) is 17.4 Å². The molecule has 1 atom stereocenters. The van der Waals surface area contributed by atoms with Gasteiger partial charge in [-0.3, -0.25) is 5.01 Å². The Morgan fingerprint density at radius 2 is 1.07 bits per heavy atom. The quantitative estimate of drug-likeness (QED) is 0.388. The molecule has 0 N–H and O–H groups in total. The number of rotatable bonds is 4. The fourth-order valence-corrected chi connectivity index (χ4v) is 3.92. The molecule has 0 spiro atoms. The van der Waals surface area contributed by atoms with Crippen LogP contribution in [0.25, 0.3) is 11.1 Å². The highest BCUT2D eigenvalue weighted by Crippen LogP contribution is 2.36. The van der Waals surface area contributed by atoms with Gasteiger partial charge in [-0.2, -0.15) is 5.10 Å². The molecule has 2 heteroatoms. The van der Waals surface area contributed by atoms with Crippen LogP contribution in [0.5, 0.6) is 0 Å². The van der Waals surface area contributed by atoms with Gasteiger partial charge in [-0.1, -0.05) is 103 Å². The zero-order valence-electron chi connectivity index (χ0n) is 16.1. The minimum atomic E-state index is 0.211. The van der Waals surface area contributed by atoms with Gasteiger partial charge in [-0.25, -0.2) is 0 Å². The zero-order chi connectivity index (χ0) is 19.5. The van der Waals surface area contributed by atoms with E-state index in [4.69, 9.17) is 5.10 Å². The molecule has 4 aromatic carbocycles. The Morgan fingerprint density at radius 3 is 1.72 bits per heavy atom. The average Bonchev–Trinajstić information content (AvgIpc) is 3.27. The minimum Gasteiger partial charge on any atom is -0.257 e. The Labute approximate surface area is 171 Å². The maximum absolute atomic E-state index is 5.04. The molecule has 140 valence electrons. The monoisotopic (exact) mass is 374 g/mol. The Morgan fingerprint density at radius 1 is 0.552 bits per heavy atom. The molecule has 0 saturated heterocycles. The van der Waals surface area contributed by atoms with Crippen LogP contribution in [0.3, 0.4) is 0 Å². The first kappa shape index (κ1) is 17.4. The van der Waals surface area contributed by atoms with Gasteiger partial charge in [0.25, 0.3) is 0 Å². The predicted octanol–water partition coefficient (Wildman–Crippen LogP) is 6.71. The smallest absolute Gasteiger partial charge is 0.0831 e. The van der Waals surface area contributed by atoms with Crippen LogP contribution in [0.4, 0.5) is 5.69 Å². The normalized spacial score (nSPS) is 15.9. The second kappa shape index (κ2) is 7.76. The van der Waals surface area contributed by atoms with Crippen molar-refractivity contribution in [2.75, 3.05) is 5.01 Å². The van der Waals surface area contributed by atoms with Gasteiger partial charge < -0.3 is 0 Å². The van der Waals surface area contributed by atoms with Gasteiger partial charge in [0, 0.05) is 6.42 Å². The van der Waals surface area contributed by atoms with Crippen molar-refractivity contribution in [3.05, 3.63) is 126 Å². The van der Waals surface area contributed by atoms with Crippen molar-refractivity contribution < 1.29 is 0 Å². The first-order valence-electron chi connectivity index (χ1n) is 10.0. The minimum absolute atomic E-state index is 0.211. The molecule has 1 aliphatic rings. The van der Waals surface area contributed by atoms with Crippen molar-refractivity contribution in [2.24, 2.45) is 5.10 Å². The molecule has 2 nitrogen and oxygen atoms in total. The number of para-hydroxylation sites is 1.